The summed E-state index contributed by atoms with van der Waals surface area (Å²) in [6, 6.07) is 15.4. The normalized spacial score (nSPS) is 21.2. The van der Waals surface area contributed by atoms with Crippen molar-refractivity contribution in [1.82, 2.24) is 0 Å². The number of rotatable bonds is 5. The summed E-state index contributed by atoms with van der Waals surface area (Å²) in [6.45, 7) is 12.7. The Labute approximate surface area is 186 Å². The van der Waals surface area contributed by atoms with Crippen LogP contribution in [0.4, 0.5) is 11.4 Å². The first kappa shape index (κ1) is 21.2. The molecule has 1 atom stereocenters. The van der Waals surface area contributed by atoms with Gasteiger partial charge in [0, 0.05) is 48.8 Å². The summed E-state index contributed by atoms with van der Waals surface area (Å²) in [4.78, 5) is 6.89. The second-order valence-electron chi connectivity index (χ2n) is 8.96. The minimum Gasteiger partial charge on any atom is -0.370 e. The number of nitrogens with one attached hydrogen (secondary N) is 1. The molecule has 3 heteroatoms. The Morgan fingerprint density at radius 3 is 2.52 bits per heavy atom. The van der Waals surface area contributed by atoms with E-state index >= 15 is 0 Å². The molecule has 0 saturated carbocycles. The van der Waals surface area contributed by atoms with Crippen LogP contribution in [0.3, 0.4) is 0 Å². The lowest BCUT2D eigenvalue weighted by molar-refractivity contribution is 0.399. The van der Waals surface area contributed by atoms with Crippen molar-refractivity contribution in [3.63, 3.8) is 0 Å². The van der Waals surface area contributed by atoms with Gasteiger partial charge in [-0.25, -0.2) is 0 Å². The summed E-state index contributed by atoms with van der Waals surface area (Å²) in [7, 11) is 1.85. The average Bonchev–Trinajstić information content (AvgIpc) is 2.77. The van der Waals surface area contributed by atoms with Crippen LogP contribution in [0, 0.1) is 26.2 Å². The molecule has 2 aromatic carbocycles. The molecule has 0 radical (unpaired) electrons. The fourth-order valence-corrected chi connectivity index (χ4v) is 4.70. The van der Waals surface area contributed by atoms with Crippen LogP contribution >= 0.6 is 0 Å². The third kappa shape index (κ3) is 4.23. The van der Waals surface area contributed by atoms with Crippen LogP contribution in [0.25, 0.3) is 0 Å². The van der Waals surface area contributed by atoms with Crippen LogP contribution in [-0.4, -0.2) is 26.4 Å². The molecule has 1 heterocycles. The average molecular weight is 412 g/mol. The van der Waals surface area contributed by atoms with Crippen LogP contribution < -0.4 is 10.2 Å². The molecular formula is C28H33N3. The smallest absolute Gasteiger partial charge is 0.0432 e. The summed E-state index contributed by atoms with van der Waals surface area (Å²) < 4.78 is 0. The van der Waals surface area contributed by atoms with Crippen LogP contribution in [0.2, 0.25) is 0 Å². The molecule has 2 aliphatic rings. The van der Waals surface area contributed by atoms with Gasteiger partial charge in [0.2, 0.25) is 0 Å². The SMILES string of the molecule is C=CC12CC(C=NC)=C(Nc3ccc(C)cc3)C=C1CCN(c1ccc(C)c(C)c1)C2. The maximum atomic E-state index is 4.37. The number of fused-ring (bicyclic) bond motifs is 1. The van der Waals surface area contributed by atoms with Gasteiger partial charge in [-0.3, -0.25) is 4.99 Å². The molecule has 0 bridgehead atoms. The van der Waals surface area contributed by atoms with Gasteiger partial charge in [0.15, 0.2) is 0 Å². The van der Waals surface area contributed by atoms with Gasteiger partial charge in [-0.1, -0.05) is 35.4 Å². The molecule has 160 valence electrons. The predicted molar refractivity (Wildman–Crippen MR) is 134 cm³/mol. The van der Waals surface area contributed by atoms with Gasteiger partial charge in [-0.15, -0.1) is 6.58 Å². The lowest BCUT2D eigenvalue weighted by atomic mass is 9.68. The molecule has 4 rings (SSSR count). The fraction of sp³-hybridized carbons (Fsp3) is 0.321. The maximum absolute atomic E-state index is 4.37. The zero-order valence-corrected chi connectivity index (χ0v) is 19.2. The van der Waals surface area contributed by atoms with Crippen molar-refractivity contribution in [2.24, 2.45) is 10.4 Å². The Morgan fingerprint density at radius 2 is 1.84 bits per heavy atom. The van der Waals surface area contributed by atoms with E-state index in [9.17, 15) is 0 Å². The second kappa shape index (κ2) is 8.58. The van der Waals surface area contributed by atoms with Crippen molar-refractivity contribution in [1.29, 1.82) is 0 Å². The fourth-order valence-electron chi connectivity index (χ4n) is 4.70. The molecule has 2 aromatic rings. The number of anilines is 2. The van der Waals surface area contributed by atoms with E-state index in [1.54, 1.807) is 0 Å². The Morgan fingerprint density at radius 1 is 1.06 bits per heavy atom. The highest BCUT2D eigenvalue weighted by Crippen LogP contribution is 2.46. The number of aryl methyl sites for hydroxylation is 3. The zero-order chi connectivity index (χ0) is 22.0. The molecule has 0 amide bonds. The molecule has 31 heavy (non-hydrogen) atoms. The van der Waals surface area contributed by atoms with Crippen molar-refractivity contribution in [3.8, 4) is 0 Å². The van der Waals surface area contributed by atoms with Crippen molar-refractivity contribution in [2.45, 2.75) is 33.6 Å². The van der Waals surface area contributed by atoms with E-state index in [-0.39, 0.29) is 5.41 Å². The summed E-state index contributed by atoms with van der Waals surface area (Å²) in [5.41, 5.74) is 10.2. The highest BCUT2D eigenvalue weighted by atomic mass is 15.1. The number of nitrogens with zero attached hydrogens (tertiary/aromatic N) is 2. The Bertz CT molecular complexity index is 1070. The topological polar surface area (TPSA) is 27.6 Å². The third-order valence-electron chi connectivity index (χ3n) is 6.80. The number of benzene rings is 2. The maximum Gasteiger partial charge on any atom is 0.0432 e. The molecule has 1 saturated heterocycles. The standard InChI is InChI=1S/C28H33N3/c1-6-28-17-23(18-29-5)27(30-25-10-7-20(2)8-11-25)16-24(28)13-14-31(19-28)26-12-9-21(3)22(4)15-26/h6-12,15-16,18,30H,1,13-14,17,19H2,2-5H3. The summed E-state index contributed by atoms with van der Waals surface area (Å²) >= 11 is 0. The van der Waals surface area contributed by atoms with Crippen molar-refractivity contribution >= 4 is 17.6 Å². The van der Waals surface area contributed by atoms with Gasteiger partial charge in [-0.05, 0) is 80.7 Å². The molecule has 1 fully saturated rings. The largest absolute Gasteiger partial charge is 0.370 e. The number of aliphatic imine (C=N–C) groups is 1. The lowest BCUT2D eigenvalue weighted by Crippen LogP contribution is -2.45. The number of piperidine rings is 1. The van der Waals surface area contributed by atoms with Crippen LogP contribution in [-0.2, 0) is 0 Å². The van der Waals surface area contributed by atoms with Gasteiger partial charge in [0.1, 0.15) is 0 Å². The van der Waals surface area contributed by atoms with Gasteiger partial charge in [-0.2, -0.15) is 0 Å². The highest BCUT2D eigenvalue weighted by molar-refractivity contribution is 5.83. The van der Waals surface area contributed by atoms with E-state index in [4.69, 9.17) is 0 Å². The first-order chi connectivity index (χ1) is 14.9. The van der Waals surface area contributed by atoms with Gasteiger partial charge in [0.05, 0.1) is 0 Å². The number of hydrogen-bond acceptors (Lipinski definition) is 3. The Balaban J connectivity index is 1.65. The Hall–Kier alpha value is -3.07. The van der Waals surface area contributed by atoms with E-state index in [1.807, 2.05) is 13.3 Å². The first-order valence-electron chi connectivity index (χ1n) is 11.1. The molecular weight excluding hydrogens is 378 g/mol. The molecule has 0 aromatic heterocycles. The minimum atomic E-state index is -0.0635. The molecule has 1 unspecified atom stereocenters. The lowest BCUT2D eigenvalue weighted by Gasteiger charge is -2.46. The second-order valence-corrected chi connectivity index (χ2v) is 8.96. The Kier molecular flexibility index (Phi) is 5.86. The van der Waals surface area contributed by atoms with Gasteiger partial charge in [0.25, 0.3) is 0 Å². The summed E-state index contributed by atoms with van der Waals surface area (Å²) in [6.07, 6.45) is 8.46. The molecule has 1 aliphatic carbocycles. The summed E-state index contributed by atoms with van der Waals surface area (Å²) in [5, 5.41) is 3.64. The van der Waals surface area contributed by atoms with E-state index < -0.39 is 0 Å². The first-order valence-corrected chi connectivity index (χ1v) is 11.1. The van der Waals surface area contributed by atoms with Crippen LogP contribution in [0.15, 0.2) is 83.0 Å². The van der Waals surface area contributed by atoms with E-state index in [0.717, 1.165) is 37.3 Å². The molecule has 0 spiro atoms. The minimum absolute atomic E-state index is 0.0635. The monoisotopic (exact) mass is 411 g/mol. The predicted octanol–water partition coefficient (Wildman–Crippen LogP) is 6.39. The van der Waals surface area contributed by atoms with E-state index in [2.05, 4.69) is 97.2 Å². The quantitative estimate of drug-likeness (QED) is 0.456. The van der Waals surface area contributed by atoms with Crippen LogP contribution in [0.5, 0.6) is 0 Å². The number of allylic oxidation sites excluding steroid dienone is 2. The van der Waals surface area contributed by atoms with Gasteiger partial charge >= 0.3 is 0 Å². The highest BCUT2D eigenvalue weighted by Gasteiger charge is 2.40. The van der Waals surface area contributed by atoms with Crippen molar-refractivity contribution in [3.05, 3.63) is 94.7 Å². The molecule has 3 nitrogen and oxygen atoms in total. The summed E-state index contributed by atoms with van der Waals surface area (Å²) in [5.74, 6) is 0. The van der Waals surface area contributed by atoms with E-state index in [0.29, 0.717) is 0 Å². The van der Waals surface area contributed by atoms with Crippen LogP contribution in [0.1, 0.15) is 29.5 Å². The van der Waals surface area contributed by atoms with E-state index in [1.165, 1.54) is 33.5 Å². The third-order valence-corrected chi connectivity index (χ3v) is 6.80. The zero-order valence-electron chi connectivity index (χ0n) is 19.2. The van der Waals surface area contributed by atoms with Gasteiger partial charge < -0.3 is 10.2 Å². The van der Waals surface area contributed by atoms with Crippen molar-refractivity contribution in [2.75, 3.05) is 30.4 Å². The number of hydrogen-bond donors (Lipinski definition) is 1. The molecule has 1 N–H and O–H groups in total. The molecule has 1 aliphatic heterocycles. The van der Waals surface area contributed by atoms with Crippen molar-refractivity contribution < 1.29 is 0 Å².